The lowest BCUT2D eigenvalue weighted by Crippen LogP contribution is -2.61. The summed E-state index contributed by atoms with van der Waals surface area (Å²) in [6, 6.07) is 0. The van der Waals surface area contributed by atoms with Gasteiger partial charge >= 0.3 is 11.8 Å². The molecule has 1 heterocycles. The van der Waals surface area contributed by atoms with Gasteiger partial charge in [0.2, 0.25) is 0 Å². The van der Waals surface area contributed by atoms with Gasteiger partial charge in [-0.25, -0.2) is 5.43 Å². The van der Waals surface area contributed by atoms with Crippen molar-refractivity contribution < 1.29 is 9.59 Å². The highest BCUT2D eigenvalue weighted by atomic mass is 32.1. The highest BCUT2D eigenvalue weighted by molar-refractivity contribution is 7.80. The van der Waals surface area contributed by atoms with Gasteiger partial charge in [0.25, 0.3) is 0 Å². The number of thiol groups is 1. The van der Waals surface area contributed by atoms with E-state index < -0.39 is 17.3 Å². The van der Waals surface area contributed by atoms with Crippen molar-refractivity contribution in [2.75, 3.05) is 0 Å². The Morgan fingerprint density at radius 2 is 2.00 bits per heavy atom. The monoisotopic (exact) mass is 147 g/mol. The van der Waals surface area contributed by atoms with E-state index >= 15 is 0 Å². The van der Waals surface area contributed by atoms with Gasteiger partial charge in [0.05, 0.1) is 0 Å². The minimum atomic E-state index is -0.694. The normalized spacial score (nSPS) is 27.0. The molecule has 0 aromatic rings. The zero-order chi connectivity index (χ0) is 6.85. The van der Waals surface area contributed by atoms with Crippen molar-refractivity contribution >= 4 is 24.4 Å². The van der Waals surface area contributed by atoms with Crippen LogP contribution in [-0.4, -0.2) is 17.3 Å². The van der Waals surface area contributed by atoms with E-state index in [2.05, 4.69) is 28.8 Å². The van der Waals surface area contributed by atoms with Crippen molar-refractivity contribution in [1.82, 2.24) is 16.2 Å². The van der Waals surface area contributed by atoms with Crippen LogP contribution < -0.4 is 16.2 Å². The largest absolute Gasteiger partial charge is 0.323 e. The predicted molar refractivity (Wildman–Crippen MR) is 32.2 cm³/mol. The van der Waals surface area contributed by atoms with Gasteiger partial charge < -0.3 is 5.32 Å². The highest BCUT2D eigenvalue weighted by Crippen LogP contribution is 1.85. The summed E-state index contributed by atoms with van der Waals surface area (Å²) in [7, 11) is 0. The smallest absolute Gasteiger partial charge is 0.322 e. The van der Waals surface area contributed by atoms with Crippen LogP contribution in [0.25, 0.3) is 0 Å². The topological polar surface area (TPSA) is 70.2 Å². The zero-order valence-electron chi connectivity index (χ0n) is 4.34. The Labute approximate surface area is 56.6 Å². The predicted octanol–water partition coefficient (Wildman–Crippen LogP) is -2.05. The van der Waals surface area contributed by atoms with Gasteiger partial charge in [-0.2, -0.15) is 0 Å². The Morgan fingerprint density at radius 1 is 1.33 bits per heavy atom. The van der Waals surface area contributed by atoms with E-state index in [0.717, 1.165) is 0 Å². The van der Waals surface area contributed by atoms with Crippen molar-refractivity contribution in [1.29, 1.82) is 0 Å². The fourth-order valence-corrected chi connectivity index (χ4v) is 0.598. The Kier molecular flexibility index (Phi) is 1.58. The number of hydrogen-bond donors (Lipinski definition) is 4. The summed E-state index contributed by atoms with van der Waals surface area (Å²) in [6.45, 7) is 0. The van der Waals surface area contributed by atoms with E-state index in [0.29, 0.717) is 0 Å². The molecule has 1 saturated heterocycles. The molecule has 1 fully saturated rings. The van der Waals surface area contributed by atoms with Crippen LogP contribution in [0.4, 0.5) is 0 Å². The van der Waals surface area contributed by atoms with Crippen LogP contribution in [0.1, 0.15) is 0 Å². The summed E-state index contributed by atoms with van der Waals surface area (Å²) >= 11 is 3.80. The molecule has 1 unspecified atom stereocenters. The number of carbonyl (C=O) groups is 2. The highest BCUT2D eigenvalue weighted by Gasteiger charge is 2.21. The molecule has 1 atom stereocenters. The van der Waals surface area contributed by atoms with E-state index in [9.17, 15) is 9.59 Å². The molecule has 0 radical (unpaired) electrons. The van der Waals surface area contributed by atoms with Gasteiger partial charge in [-0.3, -0.25) is 15.0 Å². The third kappa shape index (κ3) is 1.33. The Bertz CT molecular complexity index is 159. The standard InChI is InChI=1S/C3H5N3O2S/c7-1-2(8)5-6-3(9)4-1/h3,6,9H,(H,4,7)(H,5,8). The quantitative estimate of drug-likeness (QED) is 0.235. The molecule has 3 N–H and O–H groups in total. The maximum atomic E-state index is 10.4. The van der Waals surface area contributed by atoms with Crippen molar-refractivity contribution in [3.05, 3.63) is 0 Å². The summed E-state index contributed by atoms with van der Waals surface area (Å²) in [5.74, 6) is -1.37. The number of hydrazine groups is 1. The van der Waals surface area contributed by atoms with Gasteiger partial charge in [-0.1, -0.05) is 0 Å². The molecule has 6 heteroatoms. The number of amides is 2. The molecule has 0 aliphatic carbocycles. The molecule has 5 nitrogen and oxygen atoms in total. The van der Waals surface area contributed by atoms with Gasteiger partial charge in [0, 0.05) is 0 Å². The molecule has 0 bridgehead atoms. The lowest BCUT2D eigenvalue weighted by atomic mass is 10.5. The van der Waals surface area contributed by atoms with Gasteiger partial charge in [0.1, 0.15) is 5.50 Å². The third-order valence-electron chi connectivity index (χ3n) is 0.796. The van der Waals surface area contributed by atoms with Crippen LogP contribution in [0.2, 0.25) is 0 Å². The average molecular weight is 147 g/mol. The first kappa shape index (κ1) is 6.37. The Hall–Kier alpha value is -0.750. The summed E-state index contributed by atoms with van der Waals surface area (Å²) < 4.78 is 0. The van der Waals surface area contributed by atoms with E-state index in [1.165, 1.54) is 0 Å². The number of carbonyl (C=O) groups excluding carboxylic acids is 2. The molecular weight excluding hydrogens is 142 g/mol. The molecule has 1 aliphatic rings. The Balaban J connectivity index is 2.54. The summed E-state index contributed by atoms with van der Waals surface area (Å²) in [6.07, 6.45) is 0. The van der Waals surface area contributed by atoms with Crippen LogP contribution in [0.5, 0.6) is 0 Å². The van der Waals surface area contributed by atoms with Gasteiger partial charge in [-0.05, 0) is 0 Å². The molecule has 0 aromatic carbocycles. The first-order valence-corrected chi connectivity index (χ1v) is 2.76. The van der Waals surface area contributed by atoms with E-state index in [1.807, 2.05) is 0 Å². The maximum absolute atomic E-state index is 10.4. The maximum Gasteiger partial charge on any atom is 0.323 e. The SMILES string of the molecule is O=C1NNC(S)NC1=O. The molecule has 0 aromatic heterocycles. The van der Waals surface area contributed by atoms with Gasteiger partial charge in [-0.15, -0.1) is 12.6 Å². The molecule has 0 saturated carbocycles. The summed E-state index contributed by atoms with van der Waals surface area (Å²) in [5, 5.41) is 2.23. The van der Waals surface area contributed by atoms with E-state index in [1.54, 1.807) is 0 Å². The molecule has 9 heavy (non-hydrogen) atoms. The minimum Gasteiger partial charge on any atom is -0.322 e. The molecule has 50 valence electrons. The number of nitrogens with one attached hydrogen (secondary N) is 3. The van der Waals surface area contributed by atoms with Crippen molar-refractivity contribution in [2.45, 2.75) is 5.50 Å². The van der Waals surface area contributed by atoms with Crippen LogP contribution in [0, 0.1) is 0 Å². The van der Waals surface area contributed by atoms with E-state index in [4.69, 9.17) is 0 Å². The molecular formula is C3H5N3O2S. The number of rotatable bonds is 0. The fraction of sp³-hybridized carbons (Fsp3) is 0.333. The summed E-state index contributed by atoms with van der Waals surface area (Å²) in [4.78, 5) is 20.7. The van der Waals surface area contributed by atoms with Crippen LogP contribution in [-0.2, 0) is 9.59 Å². The second-order valence-corrected chi connectivity index (χ2v) is 1.99. The second kappa shape index (κ2) is 2.24. The van der Waals surface area contributed by atoms with Gasteiger partial charge in [0.15, 0.2) is 0 Å². The van der Waals surface area contributed by atoms with Crippen LogP contribution in [0.15, 0.2) is 0 Å². The first-order chi connectivity index (χ1) is 4.20. The van der Waals surface area contributed by atoms with Crippen LogP contribution >= 0.6 is 12.6 Å². The van der Waals surface area contributed by atoms with Crippen molar-refractivity contribution in [3.63, 3.8) is 0 Å². The molecule has 0 spiro atoms. The molecule has 2 amide bonds. The average Bonchev–Trinajstić information content (AvgIpc) is 1.80. The second-order valence-electron chi connectivity index (χ2n) is 1.47. The van der Waals surface area contributed by atoms with Crippen molar-refractivity contribution in [3.8, 4) is 0 Å². The molecule has 1 rings (SSSR count). The minimum absolute atomic E-state index is 0.491. The van der Waals surface area contributed by atoms with Crippen molar-refractivity contribution in [2.24, 2.45) is 0 Å². The molecule has 1 aliphatic heterocycles. The zero-order valence-corrected chi connectivity index (χ0v) is 5.24. The third-order valence-corrected chi connectivity index (χ3v) is 1.05. The number of hydrogen-bond acceptors (Lipinski definition) is 4. The fourth-order valence-electron chi connectivity index (χ4n) is 0.416. The summed E-state index contributed by atoms with van der Waals surface area (Å²) in [5.41, 5.74) is 4.01. The van der Waals surface area contributed by atoms with E-state index in [-0.39, 0.29) is 0 Å². The Morgan fingerprint density at radius 3 is 2.44 bits per heavy atom. The first-order valence-electron chi connectivity index (χ1n) is 2.24. The lowest BCUT2D eigenvalue weighted by Gasteiger charge is -2.19. The lowest BCUT2D eigenvalue weighted by molar-refractivity contribution is -0.142. The van der Waals surface area contributed by atoms with Crippen LogP contribution in [0.3, 0.4) is 0 Å².